The van der Waals surface area contributed by atoms with E-state index < -0.39 is 0 Å². The van der Waals surface area contributed by atoms with Crippen molar-refractivity contribution in [1.29, 1.82) is 0 Å². The Labute approximate surface area is 119 Å². The molecule has 0 saturated carbocycles. The highest BCUT2D eigenvalue weighted by Gasteiger charge is 2.22. The Kier molecular flexibility index (Phi) is 3.45. The van der Waals surface area contributed by atoms with E-state index >= 15 is 0 Å². The molecule has 2 nitrogen and oxygen atoms in total. The Hall–Kier alpha value is -1.87. The fourth-order valence-electron chi connectivity index (χ4n) is 2.95. The van der Waals surface area contributed by atoms with Crippen molar-refractivity contribution in [3.8, 4) is 0 Å². The number of fused-ring (bicyclic) bond motifs is 1. The van der Waals surface area contributed by atoms with E-state index in [4.69, 9.17) is 5.73 Å². The van der Waals surface area contributed by atoms with Crippen molar-refractivity contribution in [3.63, 3.8) is 0 Å². The van der Waals surface area contributed by atoms with Crippen molar-refractivity contribution in [2.75, 3.05) is 11.4 Å². The topological polar surface area (TPSA) is 29.3 Å². The van der Waals surface area contributed by atoms with Gasteiger partial charge in [-0.3, -0.25) is 0 Å². The second-order valence-corrected chi connectivity index (χ2v) is 5.57. The van der Waals surface area contributed by atoms with Crippen LogP contribution in [0.2, 0.25) is 0 Å². The van der Waals surface area contributed by atoms with Crippen LogP contribution >= 0.6 is 0 Å². The summed E-state index contributed by atoms with van der Waals surface area (Å²) in [5.41, 5.74) is 9.88. The zero-order valence-corrected chi connectivity index (χ0v) is 11.6. The van der Waals surface area contributed by atoms with Gasteiger partial charge in [-0.25, -0.2) is 4.39 Å². The van der Waals surface area contributed by atoms with Crippen LogP contribution < -0.4 is 10.6 Å². The van der Waals surface area contributed by atoms with Crippen LogP contribution in [0, 0.1) is 11.7 Å². The summed E-state index contributed by atoms with van der Waals surface area (Å²) in [5, 5.41) is 0. The third-order valence-corrected chi connectivity index (χ3v) is 3.83. The molecule has 0 saturated heterocycles. The Morgan fingerprint density at radius 1 is 1.25 bits per heavy atom. The minimum atomic E-state index is -0.223. The van der Waals surface area contributed by atoms with Gasteiger partial charge in [0.25, 0.3) is 0 Å². The number of nitrogens with two attached hydrogens (primary N) is 1. The fourth-order valence-corrected chi connectivity index (χ4v) is 2.95. The second kappa shape index (κ2) is 5.25. The lowest BCUT2D eigenvalue weighted by Gasteiger charge is -2.35. The van der Waals surface area contributed by atoms with Gasteiger partial charge in [0.2, 0.25) is 0 Å². The van der Waals surface area contributed by atoms with Crippen LogP contribution in [0.25, 0.3) is 0 Å². The molecule has 2 aromatic rings. The number of para-hydroxylation sites is 1. The maximum absolute atomic E-state index is 13.8. The fraction of sp³-hybridized carbons (Fsp3) is 0.294. The molecule has 2 N–H and O–H groups in total. The van der Waals surface area contributed by atoms with E-state index in [-0.39, 0.29) is 5.82 Å². The van der Waals surface area contributed by atoms with Gasteiger partial charge in [0.05, 0.1) is 0 Å². The number of nitrogens with zero attached hydrogens (tertiary/aromatic N) is 1. The lowest BCUT2D eigenvalue weighted by Crippen LogP contribution is -2.30. The van der Waals surface area contributed by atoms with Crippen LogP contribution in [0.3, 0.4) is 0 Å². The highest BCUT2D eigenvalue weighted by molar-refractivity contribution is 5.68. The Bertz CT molecular complexity index is 624. The van der Waals surface area contributed by atoms with Crippen LogP contribution in [0.4, 0.5) is 15.8 Å². The summed E-state index contributed by atoms with van der Waals surface area (Å²) < 4.78 is 13.8. The summed E-state index contributed by atoms with van der Waals surface area (Å²) in [7, 11) is 0. The molecule has 0 radical (unpaired) electrons. The molecule has 0 fully saturated rings. The number of anilines is 2. The Morgan fingerprint density at radius 2 is 2.05 bits per heavy atom. The van der Waals surface area contributed by atoms with Gasteiger partial charge in [-0.05, 0) is 47.7 Å². The summed E-state index contributed by atoms with van der Waals surface area (Å²) in [5.74, 6) is 0.327. The third kappa shape index (κ3) is 2.41. The summed E-state index contributed by atoms with van der Waals surface area (Å²) in [6.45, 7) is 3.49. The van der Waals surface area contributed by atoms with Gasteiger partial charge in [0, 0.05) is 24.5 Å². The van der Waals surface area contributed by atoms with Gasteiger partial charge in [-0.2, -0.15) is 0 Å². The second-order valence-electron chi connectivity index (χ2n) is 5.57. The van der Waals surface area contributed by atoms with Gasteiger partial charge in [0.1, 0.15) is 5.82 Å². The first-order chi connectivity index (χ1) is 9.67. The van der Waals surface area contributed by atoms with Crippen LogP contribution in [-0.2, 0) is 13.0 Å². The molecule has 1 aliphatic heterocycles. The predicted molar refractivity (Wildman–Crippen MR) is 80.6 cm³/mol. The molecular weight excluding hydrogens is 251 g/mol. The van der Waals surface area contributed by atoms with Gasteiger partial charge < -0.3 is 10.6 Å². The van der Waals surface area contributed by atoms with Gasteiger partial charge in [0.15, 0.2) is 0 Å². The minimum Gasteiger partial charge on any atom is -0.341 e. The van der Waals surface area contributed by atoms with Crippen LogP contribution in [0.5, 0.6) is 0 Å². The van der Waals surface area contributed by atoms with Crippen LogP contribution in [-0.4, -0.2) is 6.54 Å². The molecule has 0 bridgehead atoms. The van der Waals surface area contributed by atoms with Gasteiger partial charge in [-0.1, -0.05) is 25.1 Å². The summed E-state index contributed by atoms with van der Waals surface area (Å²) in [4.78, 5) is 2.20. The summed E-state index contributed by atoms with van der Waals surface area (Å²) >= 11 is 0. The lowest BCUT2D eigenvalue weighted by atomic mass is 9.93. The highest BCUT2D eigenvalue weighted by Crippen LogP contribution is 2.35. The molecule has 0 amide bonds. The first-order valence-corrected chi connectivity index (χ1v) is 7.02. The van der Waals surface area contributed by atoms with Crippen molar-refractivity contribution >= 4 is 11.4 Å². The van der Waals surface area contributed by atoms with Crippen molar-refractivity contribution in [2.45, 2.75) is 19.9 Å². The normalized spacial score (nSPS) is 17.9. The third-order valence-electron chi connectivity index (χ3n) is 3.83. The molecule has 104 valence electrons. The van der Waals surface area contributed by atoms with Crippen LogP contribution in [0.1, 0.15) is 18.1 Å². The summed E-state index contributed by atoms with van der Waals surface area (Å²) in [6.07, 6.45) is 1.08. The number of rotatable bonds is 2. The van der Waals surface area contributed by atoms with E-state index in [1.54, 1.807) is 6.07 Å². The standard InChI is InChI=1S/C17H19FN2/c1-12-6-14-4-2-3-5-17(14)20(11-12)16-8-13(10-19)7-15(18)9-16/h2-5,7-9,12H,6,10-11,19H2,1H3. The van der Waals surface area contributed by atoms with Crippen molar-refractivity contribution in [1.82, 2.24) is 0 Å². The molecule has 1 atom stereocenters. The predicted octanol–water partition coefficient (Wildman–Crippen LogP) is 3.61. The molecule has 0 spiro atoms. The first-order valence-electron chi connectivity index (χ1n) is 7.02. The monoisotopic (exact) mass is 270 g/mol. The average molecular weight is 270 g/mol. The van der Waals surface area contributed by atoms with Crippen molar-refractivity contribution in [3.05, 3.63) is 59.4 Å². The maximum Gasteiger partial charge on any atom is 0.125 e. The van der Waals surface area contributed by atoms with Gasteiger partial charge in [-0.15, -0.1) is 0 Å². The Balaban J connectivity index is 2.08. The highest BCUT2D eigenvalue weighted by atomic mass is 19.1. The number of hydrogen-bond donors (Lipinski definition) is 1. The van der Waals surface area contributed by atoms with Crippen LogP contribution in [0.15, 0.2) is 42.5 Å². The minimum absolute atomic E-state index is 0.223. The lowest BCUT2D eigenvalue weighted by molar-refractivity contribution is 0.560. The molecule has 3 rings (SSSR count). The molecular formula is C17H19FN2. The number of benzene rings is 2. The van der Waals surface area contributed by atoms with E-state index in [9.17, 15) is 4.39 Å². The average Bonchev–Trinajstić information content (AvgIpc) is 2.45. The number of hydrogen-bond acceptors (Lipinski definition) is 2. The molecule has 1 unspecified atom stereocenters. The first kappa shape index (κ1) is 13.1. The van der Waals surface area contributed by atoms with E-state index in [1.807, 2.05) is 12.1 Å². The van der Waals surface area contributed by atoms with Gasteiger partial charge >= 0.3 is 0 Å². The SMILES string of the molecule is CC1Cc2ccccc2N(c2cc(F)cc(CN)c2)C1. The van der Waals surface area contributed by atoms with E-state index in [0.29, 0.717) is 12.5 Å². The molecule has 1 aliphatic rings. The molecule has 20 heavy (non-hydrogen) atoms. The zero-order chi connectivity index (χ0) is 14.1. The molecule has 2 aromatic carbocycles. The van der Waals surface area contributed by atoms with E-state index in [0.717, 1.165) is 24.2 Å². The van der Waals surface area contributed by atoms with E-state index in [2.05, 4.69) is 30.0 Å². The zero-order valence-electron chi connectivity index (χ0n) is 11.6. The van der Waals surface area contributed by atoms with E-state index in [1.165, 1.54) is 17.3 Å². The maximum atomic E-state index is 13.8. The smallest absolute Gasteiger partial charge is 0.125 e. The quantitative estimate of drug-likeness (QED) is 0.903. The molecule has 3 heteroatoms. The number of halogens is 1. The Morgan fingerprint density at radius 3 is 2.85 bits per heavy atom. The van der Waals surface area contributed by atoms with Crippen molar-refractivity contribution < 1.29 is 4.39 Å². The largest absolute Gasteiger partial charge is 0.341 e. The van der Waals surface area contributed by atoms with Crippen molar-refractivity contribution in [2.24, 2.45) is 11.7 Å². The molecule has 0 aliphatic carbocycles. The molecule has 0 aromatic heterocycles. The molecule has 1 heterocycles. The summed E-state index contributed by atoms with van der Waals surface area (Å²) in [6, 6.07) is 13.4.